The number of carboxylic acids is 1. The summed E-state index contributed by atoms with van der Waals surface area (Å²) in [4.78, 5) is 28.6. The Kier molecular flexibility index (Phi) is 4.95. The highest BCUT2D eigenvalue weighted by Gasteiger charge is 2.44. The van der Waals surface area contributed by atoms with Crippen molar-refractivity contribution in [2.75, 3.05) is 13.1 Å². The maximum atomic E-state index is 12.8. The van der Waals surface area contributed by atoms with Gasteiger partial charge in [-0.25, -0.2) is 0 Å². The maximum Gasteiger partial charge on any atom is 0.314 e. The van der Waals surface area contributed by atoms with Crippen LogP contribution in [0.2, 0.25) is 0 Å². The lowest BCUT2D eigenvalue weighted by atomic mass is 9.73. The van der Waals surface area contributed by atoms with Crippen LogP contribution >= 0.6 is 11.3 Å². The highest BCUT2D eigenvalue weighted by atomic mass is 32.1. The molecule has 1 N–H and O–H groups in total. The van der Waals surface area contributed by atoms with Gasteiger partial charge in [0.2, 0.25) is 0 Å². The molecule has 1 aromatic heterocycles. The minimum atomic E-state index is -0.891. The second kappa shape index (κ2) is 7.00. The van der Waals surface area contributed by atoms with E-state index in [1.54, 1.807) is 16.2 Å². The second-order valence-electron chi connectivity index (χ2n) is 6.62. The van der Waals surface area contributed by atoms with E-state index in [2.05, 4.69) is 6.92 Å². The van der Waals surface area contributed by atoms with Crippen LogP contribution in [0, 0.1) is 6.92 Å². The number of rotatable bonds is 4. The molecule has 1 fully saturated rings. The van der Waals surface area contributed by atoms with E-state index in [4.69, 9.17) is 0 Å². The van der Waals surface area contributed by atoms with E-state index in [9.17, 15) is 14.7 Å². The minimum absolute atomic E-state index is 0.0276. The van der Waals surface area contributed by atoms with Crippen molar-refractivity contribution >= 4 is 23.2 Å². The smallest absolute Gasteiger partial charge is 0.314 e. The first-order valence-electron chi connectivity index (χ1n) is 8.65. The predicted molar refractivity (Wildman–Crippen MR) is 99.3 cm³/mol. The van der Waals surface area contributed by atoms with Crippen molar-refractivity contribution in [2.45, 2.75) is 38.5 Å². The number of aliphatic carboxylic acids is 1. The van der Waals surface area contributed by atoms with Crippen LogP contribution in [0.25, 0.3) is 0 Å². The molecule has 3 rings (SSSR count). The van der Waals surface area contributed by atoms with E-state index in [1.807, 2.05) is 43.3 Å². The number of thiophene rings is 1. The molecule has 1 aliphatic heterocycles. The van der Waals surface area contributed by atoms with Gasteiger partial charge in [0.1, 0.15) is 0 Å². The van der Waals surface area contributed by atoms with E-state index in [0.717, 1.165) is 22.4 Å². The minimum Gasteiger partial charge on any atom is -0.481 e. The zero-order chi connectivity index (χ0) is 18.0. The Hall–Kier alpha value is -2.14. The summed E-state index contributed by atoms with van der Waals surface area (Å²) in [5.74, 6) is -0.772. The van der Waals surface area contributed by atoms with Crippen molar-refractivity contribution in [3.05, 3.63) is 57.3 Å². The zero-order valence-corrected chi connectivity index (χ0v) is 15.4. The number of carbonyl (C=O) groups excluding carboxylic acids is 1. The first-order valence-corrected chi connectivity index (χ1v) is 9.47. The van der Waals surface area contributed by atoms with Crippen LogP contribution in [0.15, 0.2) is 36.4 Å². The zero-order valence-electron chi connectivity index (χ0n) is 14.6. The van der Waals surface area contributed by atoms with Crippen LogP contribution in [-0.4, -0.2) is 35.0 Å². The summed E-state index contributed by atoms with van der Waals surface area (Å²) in [5.41, 5.74) is 1.10. The molecule has 4 nitrogen and oxygen atoms in total. The number of hydrogen-bond acceptors (Lipinski definition) is 3. The lowest BCUT2D eigenvalue weighted by molar-refractivity contribution is -0.145. The van der Waals surface area contributed by atoms with Crippen LogP contribution in [0.5, 0.6) is 0 Å². The van der Waals surface area contributed by atoms with E-state index in [0.29, 0.717) is 25.9 Å². The molecule has 5 heteroatoms. The average molecular weight is 357 g/mol. The predicted octanol–water partition coefficient (Wildman–Crippen LogP) is 3.88. The number of carboxylic acid groups (broad SMARTS) is 1. The van der Waals surface area contributed by atoms with Crippen LogP contribution in [-0.2, 0) is 16.6 Å². The molecule has 0 atom stereocenters. The van der Waals surface area contributed by atoms with Gasteiger partial charge in [0, 0.05) is 18.0 Å². The van der Waals surface area contributed by atoms with Crippen molar-refractivity contribution in [2.24, 2.45) is 0 Å². The molecule has 0 unspecified atom stereocenters. The topological polar surface area (TPSA) is 57.6 Å². The molecule has 2 aromatic rings. The highest BCUT2D eigenvalue weighted by Crippen LogP contribution is 2.36. The Morgan fingerprint density at radius 3 is 2.36 bits per heavy atom. The number of hydrogen-bond donors (Lipinski definition) is 1. The van der Waals surface area contributed by atoms with Gasteiger partial charge in [0.25, 0.3) is 5.91 Å². The number of piperidine rings is 1. The molecule has 0 aliphatic carbocycles. The molecule has 0 bridgehead atoms. The van der Waals surface area contributed by atoms with Gasteiger partial charge in [-0.15, -0.1) is 11.3 Å². The molecular formula is C20H23NO3S. The lowest BCUT2D eigenvalue weighted by Crippen LogP contribution is -2.49. The van der Waals surface area contributed by atoms with Gasteiger partial charge in [-0.2, -0.15) is 0 Å². The van der Waals surface area contributed by atoms with Gasteiger partial charge in [-0.3, -0.25) is 9.59 Å². The van der Waals surface area contributed by atoms with Gasteiger partial charge in [-0.05, 0) is 43.4 Å². The Balaban J connectivity index is 1.78. The summed E-state index contributed by atoms with van der Waals surface area (Å²) >= 11 is 1.56. The molecule has 0 radical (unpaired) electrons. The fourth-order valence-electron chi connectivity index (χ4n) is 3.61. The monoisotopic (exact) mass is 357 g/mol. The van der Waals surface area contributed by atoms with E-state index in [1.165, 1.54) is 4.88 Å². The fraction of sp³-hybridized carbons (Fsp3) is 0.400. The third-order valence-electron chi connectivity index (χ3n) is 5.19. The van der Waals surface area contributed by atoms with Crippen molar-refractivity contribution in [3.63, 3.8) is 0 Å². The van der Waals surface area contributed by atoms with Crippen molar-refractivity contribution in [3.8, 4) is 0 Å². The second-order valence-corrected chi connectivity index (χ2v) is 7.75. The fourth-order valence-corrected chi connectivity index (χ4v) is 4.69. The van der Waals surface area contributed by atoms with Gasteiger partial charge in [-0.1, -0.05) is 37.3 Å². The number of likely N-dealkylation sites (tertiary alicyclic amines) is 1. The van der Waals surface area contributed by atoms with Gasteiger partial charge < -0.3 is 10.0 Å². The summed E-state index contributed by atoms with van der Waals surface area (Å²) in [5, 5.41) is 9.85. The Bertz CT molecular complexity index is 773. The Labute approximate surface area is 152 Å². The number of benzene rings is 1. The summed E-state index contributed by atoms with van der Waals surface area (Å²) in [6, 6.07) is 11.4. The molecule has 1 aliphatic rings. The van der Waals surface area contributed by atoms with Gasteiger partial charge in [0.15, 0.2) is 0 Å². The van der Waals surface area contributed by atoms with Crippen molar-refractivity contribution < 1.29 is 14.7 Å². The molecule has 1 saturated heterocycles. The SMILES string of the molecule is CCc1sc(C(=O)N2CCC(C(=O)O)(c3ccccc3)CC2)cc1C. The number of nitrogens with zero attached hydrogens (tertiary/aromatic N) is 1. The summed E-state index contributed by atoms with van der Waals surface area (Å²) < 4.78 is 0. The first-order chi connectivity index (χ1) is 12.0. The highest BCUT2D eigenvalue weighted by molar-refractivity contribution is 7.14. The molecule has 0 saturated carbocycles. The molecule has 1 amide bonds. The van der Waals surface area contributed by atoms with E-state index in [-0.39, 0.29) is 5.91 Å². The van der Waals surface area contributed by atoms with Crippen LogP contribution in [0.4, 0.5) is 0 Å². The number of amides is 1. The van der Waals surface area contributed by atoms with Crippen molar-refractivity contribution in [1.29, 1.82) is 0 Å². The molecule has 0 spiro atoms. The largest absolute Gasteiger partial charge is 0.481 e. The van der Waals surface area contributed by atoms with E-state index >= 15 is 0 Å². The standard InChI is InChI=1S/C20H23NO3S/c1-3-16-14(2)13-17(25-16)18(22)21-11-9-20(10-12-21,19(23)24)15-7-5-4-6-8-15/h4-8,13H,3,9-12H2,1-2H3,(H,23,24). The normalized spacial score (nSPS) is 16.6. The molecular weight excluding hydrogens is 334 g/mol. The Morgan fingerprint density at radius 2 is 1.84 bits per heavy atom. The molecule has 1 aromatic carbocycles. The van der Waals surface area contributed by atoms with E-state index < -0.39 is 11.4 Å². The van der Waals surface area contributed by atoms with Crippen LogP contribution in [0.1, 0.15) is 45.4 Å². The average Bonchev–Trinajstić information content (AvgIpc) is 3.02. The van der Waals surface area contributed by atoms with Crippen molar-refractivity contribution in [1.82, 2.24) is 4.90 Å². The number of aryl methyl sites for hydroxylation is 2. The van der Waals surface area contributed by atoms with Gasteiger partial charge >= 0.3 is 5.97 Å². The summed E-state index contributed by atoms with van der Waals surface area (Å²) in [6.45, 7) is 5.07. The lowest BCUT2D eigenvalue weighted by Gasteiger charge is -2.39. The third kappa shape index (κ3) is 3.21. The Morgan fingerprint density at radius 1 is 1.20 bits per heavy atom. The summed E-state index contributed by atoms with van der Waals surface area (Å²) in [7, 11) is 0. The number of carbonyl (C=O) groups is 2. The molecule has 2 heterocycles. The molecule has 132 valence electrons. The van der Waals surface area contributed by atoms with Gasteiger partial charge in [0.05, 0.1) is 10.3 Å². The maximum absolute atomic E-state index is 12.8. The third-order valence-corrected chi connectivity index (χ3v) is 6.56. The summed E-state index contributed by atoms with van der Waals surface area (Å²) in [6.07, 6.45) is 1.83. The molecule has 25 heavy (non-hydrogen) atoms. The van der Waals surface area contributed by atoms with Crippen LogP contribution < -0.4 is 0 Å². The van der Waals surface area contributed by atoms with Crippen LogP contribution in [0.3, 0.4) is 0 Å². The first kappa shape index (κ1) is 17.7. The quantitative estimate of drug-likeness (QED) is 0.903.